The van der Waals surface area contributed by atoms with E-state index >= 15 is 0 Å². The van der Waals surface area contributed by atoms with E-state index in [1.54, 1.807) is 4.68 Å². The summed E-state index contributed by atoms with van der Waals surface area (Å²) < 4.78 is 7.32. The van der Waals surface area contributed by atoms with Crippen molar-refractivity contribution in [3.05, 3.63) is 52.8 Å². The number of amides is 1. The normalized spacial score (nSPS) is 13.4. The zero-order valence-corrected chi connectivity index (χ0v) is 17.1. The van der Waals surface area contributed by atoms with Gasteiger partial charge in [0.1, 0.15) is 17.4 Å². The minimum Gasteiger partial charge on any atom is -0.359 e. The summed E-state index contributed by atoms with van der Waals surface area (Å²) in [4.78, 5) is 18.9. The Kier molecular flexibility index (Phi) is 5.33. The van der Waals surface area contributed by atoms with Gasteiger partial charge in [-0.05, 0) is 31.9 Å². The number of para-hydroxylation sites is 1. The molecule has 0 radical (unpaired) electrons. The number of rotatable bonds is 6. The van der Waals surface area contributed by atoms with Gasteiger partial charge in [-0.3, -0.25) is 4.79 Å². The number of hydrogen-bond acceptors (Lipinski definition) is 6. The van der Waals surface area contributed by atoms with Crippen molar-refractivity contribution in [3.8, 4) is 0 Å². The van der Waals surface area contributed by atoms with Gasteiger partial charge in [0.15, 0.2) is 5.82 Å². The van der Waals surface area contributed by atoms with Crippen molar-refractivity contribution in [1.29, 1.82) is 0 Å². The van der Waals surface area contributed by atoms with Crippen LogP contribution in [0.1, 0.15) is 41.9 Å². The highest BCUT2D eigenvalue weighted by molar-refractivity contribution is 5.77. The number of anilines is 2. The number of benzene rings is 1. The molecular weight excluding hydrogens is 368 g/mol. The molecule has 0 unspecified atom stereocenters. The molecular formula is C21H26N6O2. The molecule has 0 spiro atoms. The smallest absolute Gasteiger partial charge is 0.224 e. The van der Waals surface area contributed by atoms with E-state index in [-0.39, 0.29) is 5.91 Å². The largest absolute Gasteiger partial charge is 0.359 e. The number of carbonyl (C=O) groups is 1. The molecule has 8 nitrogen and oxygen atoms in total. The van der Waals surface area contributed by atoms with Gasteiger partial charge in [0, 0.05) is 25.1 Å². The van der Waals surface area contributed by atoms with Crippen LogP contribution in [0, 0.1) is 13.8 Å². The molecule has 0 atom stereocenters. The first-order valence-electron chi connectivity index (χ1n) is 10.0. The quantitative estimate of drug-likeness (QED) is 0.691. The number of nitrogens with zero attached hydrogens (tertiary/aromatic N) is 5. The van der Waals surface area contributed by atoms with Crippen LogP contribution >= 0.6 is 0 Å². The summed E-state index contributed by atoms with van der Waals surface area (Å²) in [5.41, 5.74) is 3.20. The first-order chi connectivity index (χ1) is 14.0. The molecule has 3 heterocycles. The van der Waals surface area contributed by atoms with Gasteiger partial charge < -0.3 is 14.7 Å². The van der Waals surface area contributed by atoms with E-state index in [1.165, 1.54) is 5.56 Å². The minimum absolute atomic E-state index is 0.101. The third-order valence-electron chi connectivity index (χ3n) is 5.33. The molecule has 8 heteroatoms. The Morgan fingerprint density at radius 2 is 2.10 bits per heavy atom. The van der Waals surface area contributed by atoms with Crippen molar-refractivity contribution >= 4 is 17.4 Å². The third-order valence-corrected chi connectivity index (χ3v) is 5.33. The summed E-state index contributed by atoms with van der Waals surface area (Å²) in [6, 6.07) is 8.16. The summed E-state index contributed by atoms with van der Waals surface area (Å²) in [7, 11) is 0. The molecule has 0 bridgehead atoms. The Labute approximate surface area is 169 Å². The van der Waals surface area contributed by atoms with Gasteiger partial charge in [0.2, 0.25) is 5.91 Å². The van der Waals surface area contributed by atoms with Crippen LogP contribution in [-0.4, -0.2) is 37.3 Å². The van der Waals surface area contributed by atoms with E-state index in [4.69, 9.17) is 4.52 Å². The highest BCUT2D eigenvalue weighted by Gasteiger charge is 2.27. The number of aryl methyl sites for hydroxylation is 4. The molecule has 0 saturated heterocycles. The zero-order valence-electron chi connectivity index (χ0n) is 17.1. The summed E-state index contributed by atoms with van der Waals surface area (Å²) in [5, 5.41) is 11.9. The molecule has 0 aliphatic carbocycles. The molecule has 1 amide bonds. The fraction of sp³-hybridized carbons (Fsp3) is 0.429. The van der Waals surface area contributed by atoms with Crippen molar-refractivity contribution in [2.24, 2.45) is 0 Å². The maximum Gasteiger partial charge on any atom is 0.224 e. The van der Waals surface area contributed by atoms with Gasteiger partial charge >= 0.3 is 0 Å². The number of fused-ring (bicyclic) bond motifs is 1. The molecule has 1 aromatic carbocycles. The monoisotopic (exact) mass is 394 g/mol. The Morgan fingerprint density at radius 1 is 1.28 bits per heavy atom. The molecule has 1 N–H and O–H groups in total. The Morgan fingerprint density at radius 3 is 2.86 bits per heavy atom. The van der Waals surface area contributed by atoms with E-state index in [0.717, 1.165) is 35.1 Å². The lowest BCUT2D eigenvalue weighted by Gasteiger charge is -2.26. The van der Waals surface area contributed by atoms with E-state index < -0.39 is 0 Å². The van der Waals surface area contributed by atoms with Gasteiger partial charge in [-0.25, -0.2) is 9.67 Å². The average Bonchev–Trinajstić information content (AvgIpc) is 3.28. The maximum absolute atomic E-state index is 12.8. The van der Waals surface area contributed by atoms with Crippen molar-refractivity contribution in [3.63, 3.8) is 0 Å². The third kappa shape index (κ3) is 4.01. The molecule has 0 saturated carbocycles. The Hall–Kier alpha value is -3.16. The van der Waals surface area contributed by atoms with E-state index in [0.29, 0.717) is 38.3 Å². The standard InChI is InChI=1S/C21H26N6O2/c1-4-16-7-5-6-8-18(16)23-21-17-13-26(11-9-19(17)29-25-21)20(28)10-12-27-15(3)22-14(2)24-27/h5-8H,4,9-13H2,1-3H3,(H,23,25). The lowest BCUT2D eigenvalue weighted by molar-refractivity contribution is -0.132. The van der Waals surface area contributed by atoms with Gasteiger partial charge in [0.25, 0.3) is 0 Å². The molecule has 2 aromatic heterocycles. The van der Waals surface area contributed by atoms with Gasteiger partial charge in [0.05, 0.1) is 18.7 Å². The highest BCUT2D eigenvalue weighted by atomic mass is 16.5. The Bertz CT molecular complexity index is 1020. The lowest BCUT2D eigenvalue weighted by atomic mass is 10.1. The number of nitrogens with one attached hydrogen (secondary N) is 1. The molecule has 3 aromatic rings. The molecule has 29 heavy (non-hydrogen) atoms. The second-order valence-electron chi connectivity index (χ2n) is 7.31. The van der Waals surface area contributed by atoms with Crippen molar-refractivity contribution in [2.45, 2.75) is 53.1 Å². The van der Waals surface area contributed by atoms with Crippen LogP contribution in [0.3, 0.4) is 0 Å². The first kappa shape index (κ1) is 19.2. The lowest BCUT2D eigenvalue weighted by Crippen LogP contribution is -2.36. The van der Waals surface area contributed by atoms with Crippen molar-refractivity contribution < 1.29 is 9.32 Å². The van der Waals surface area contributed by atoms with Gasteiger partial charge in [-0.15, -0.1) is 0 Å². The summed E-state index contributed by atoms with van der Waals surface area (Å²) >= 11 is 0. The topological polar surface area (TPSA) is 89.1 Å². The maximum atomic E-state index is 12.8. The van der Waals surface area contributed by atoms with Gasteiger partial charge in [-0.2, -0.15) is 5.10 Å². The number of carbonyl (C=O) groups excluding carboxylic acids is 1. The van der Waals surface area contributed by atoms with Crippen LogP contribution in [0.15, 0.2) is 28.8 Å². The van der Waals surface area contributed by atoms with Crippen LogP contribution in [-0.2, 0) is 30.7 Å². The number of hydrogen-bond donors (Lipinski definition) is 1. The van der Waals surface area contributed by atoms with E-state index in [1.807, 2.05) is 36.9 Å². The predicted molar refractivity (Wildman–Crippen MR) is 109 cm³/mol. The Balaban J connectivity index is 1.44. The summed E-state index contributed by atoms with van der Waals surface area (Å²) in [5.74, 6) is 3.21. The fourth-order valence-electron chi connectivity index (χ4n) is 3.73. The van der Waals surface area contributed by atoms with Crippen LogP contribution in [0.5, 0.6) is 0 Å². The SMILES string of the molecule is CCc1ccccc1Nc1noc2c1CN(C(=O)CCn1nc(C)nc1C)CC2. The molecule has 4 rings (SSSR count). The average molecular weight is 394 g/mol. The van der Waals surface area contributed by atoms with Gasteiger partial charge in [-0.1, -0.05) is 30.3 Å². The molecule has 0 fully saturated rings. The van der Waals surface area contributed by atoms with Crippen molar-refractivity contribution in [2.75, 3.05) is 11.9 Å². The minimum atomic E-state index is 0.101. The summed E-state index contributed by atoms with van der Waals surface area (Å²) in [6.07, 6.45) is 1.99. The molecule has 152 valence electrons. The second-order valence-corrected chi connectivity index (χ2v) is 7.31. The summed E-state index contributed by atoms with van der Waals surface area (Å²) in [6.45, 7) is 7.56. The highest BCUT2D eigenvalue weighted by Crippen LogP contribution is 2.29. The second kappa shape index (κ2) is 8.06. The van der Waals surface area contributed by atoms with Crippen LogP contribution in [0.2, 0.25) is 0 Å². The number of aromatic nitrogens is 4. The predicted octanol–water partition coefficient (Wildman–Crippen LogP) is 3.16. The van der Waals surface area contributed by atoms with Crippen LogP contribution < -0.4 is 5.32 Å². The molecule has 1 aliphatic heterocycles. The van der Waals surface area contributed by atoms with Crippen molar-refractivity contribution in [1.82, 2.24) is 24.8 Å². The van der Waals surface area contributed by atoms with Crippen LogP contribution in [0.4, 0.5) is 11.5 Å². The van der Waals surface area contributed by atoms with Crippen LogP contribution in [0.25, 0.3) is 0 Å². The molecule has 1 aliphatic rings. The van der Waals surface area contributed by atoms with E-state index in [2.05, 4.69) is 33.5 Å². The first-order valence-corrected chi connectivity index (χ1v) is 10.0. The van der Waals surface area contributed by atoms with E-state index in [9.17, 15) is 4.79 Å². The fourth-order valence-corrected chi connectivity index (χ4v) is 3.73. The zero-order chi connectivity index (χ0) is 20.4.